The van der Waals surface area contributed by atoms with E-state index in [1.165, 1.54) is 24.3 Å². The number of anilines is 1. The van der Waals surface area contributed by atoms with Crippen molar-refractivity contribution in [2.45, 2.75) is 0 Å². The van der Waals surface area contributed by atoms with Crippen LogP contribution >= 0.6 is 23.2 Å². The Morgan fingerprint density at radius 3 is 2.63 bits per heavy atom. The van der Waals surface area contributed by atoms with E-state index in [0.29, 0.717) is 0 Å². The molecule has 0 atom stereocenters. The first-order valence-electron chi connectivity index (χ1n) is 4.87. The summed E-state index contributed by atoms with van der Waals surface area (Å²) in [7, 11) is 0. The third-order valence-electron chi connectivity index (χ3n) is 2.02. The van der Waals surface area contributed by atoms with E-state index in [4.69, 9.17) is 33.7 Å². The minimum absolute atomic E-state index is 0.00271. The molecule has 0 aliphatic heterocycles. The topological polar surface area (TPSA) is 104 Å². The van der Waals surface area contributed by atoms with Gasteiger partial charge in [0.2, 0.25) is 17.6 Å². The molecule has 1 aromatic carbocycles. The number of nitrogens with zero attached hydrogens (tertiary/aromatic N) is 3. The summed E-state index contributed by atoms with van der Waals surface area (Å²) in [6.07, 6.45) is 0. The Bertz CT molecular complexity index is 630. The van der Waals surface area contributed by atoms with E-state index < -0.39 is 4.92 Å². The lowest BCUT2D eigenvalue weighted by atomic mass is 10.3. The van der Waals surface area contributed by atoms with Crippen molar-refractivity contribution in [3.8, 4) is 11.6 Å². The maximum absolute atomic E-state index is 10.9. The van der Waals surface area contributed by atoms with Crippen LogP contribution in [0, 0.1) is 10.1 Å². The molecule has 2 rings (SSSR count). The molecule has 2 aromatic rings. The van der Waals surface area contributed by atoms with E-state index in [0.717, 1.165) is 0 Å². The highest BCUT2D eigenvalue weighted by Gasteiger charge is 2.17. The molecule has 0 radical (unpaired) electrons. The first-order chi connectivity index (χ1) is 8.95. The van der Waals surface area contributed by atoms with Gasteiger partial charge in [-0.3, -0.25) is 10.1 Å². The number of nitrogen functional groups attached to an aromatic ring is 1. The molecule has 0 spiro atoms. The molecular weight excluding hydrogens is 295 g/mol. The number of nitro benzene ring substituents is 1. The van der Waals surface area contributed by atoms with Gasteiger partial charge >= 0.3 is 5.69 Å². The number of hydrogen-bond donors (Lipinski definition) is 1. The second kappa shape index (κ2) is 5.25. The van der Waals surface area contributed by atoms with Gasteiger partial charge in [-0.25, -0.2) is 4.98 Å². The number of hydrogen-bond acceptors (Lipinski definition) is 6. The summed E-state index contributed by atoms with van der Waals surface area (Å²) in [6, 6.07) is 5.27. The quantitative estimate of drug-likeness (QED) is 0.530. The number of halogens is 2. The fourth-order valence-corrected chi connectivity index (χ4v) is 1.64. The highest BCUT2D eigenvalue weighted by Crippen LogP contribution is 2.33. The van der Waals surface area contributed by atoms with E-state index >= 15 is 0 Å². The molecular formula is C10H6Cl2N4O3. The van der Waals surface area contributed by atoms with Crippen LogP contribution in [0.1, 0.15) is 0 Å². The van der Waals surface area contributed by atoms with Crippen molar-refractivity contribution in [2.24, 2.45) is 0 Å². The van der Waals surface area contributed by atoms with E-state index in [-0.39, 0.29) is 33.4 Å². The molecule has 0 unspecified atom stereocenters. The summed E-state index contributed by atoms with van der Waals surface area (Å²) >= 11 is 11.4. The Morgan fingerprint density at radius 2 is 2.00 bits per heavy atom. The molecule has 9 heteroatoms. The van der Waals surface area contributed by atoms with Crippen LogP contribution in [0.3, 0.4) is 0 Å². The smallest absolute Gasteiger partial charge is 0.313 e. The number of benzene rings is 1. The Kier molecular flexibility index (Phi) is 3.68. The van der Waals surface area contributed by atoms with Crippen molar-refractivity contribution in [2.75, 3.05) is 5.73 Å². The van der Waals surface area contributed by atoms with Crippen molar-refractivity contribution in [1.82, 2.24) is 9.97 Å². The minimum atomic E-state index is -0.618. The average Bonchev–Trinajstić information content (AvgIpc) is 2.30. The van der Waals surface area contributed by atoms with Crippen molar-refractivity contribution < 1.29 is 9.66 Å². The van der Waals surface area contributed by atoms with Crippen LogP contribution in [0.5, 0.6) is 11.6 Å². The van der Waals surface area contributed by atoms with Gasteiger partial charge in [0.05, 0.1) is 4.92 Å². The van der Waals surface area contributed by atoms with E-state index in [1.54, 1.807) is 0 Å². The lowest BCUT2D eigenvalue weighted by molar-refractivity contribution is -0.385. The maximum Gasteiger partial charge on any atom is 0.313 e. The molecule has 19 heavy (non-hydrogen) atoms. The predicted molar refractivity (Wildman–Crippen MR) is 69.6 cm³/mol. The Hall–Kier alpha value is -2.12. The van der Waals surface area contributed by atoms with Gasteiger partial charge in [-0.05, 0) is 12.1 Å². The van der Waals surface area contributed by atoms with Crippen LogP contribution in [0.2, 0.25) is 10.2 Å². The van der Waals surface area contributed by atoms with Gasteiger partial charge in [0, 0.05) is 17.2 Å². The van der Waals surface area contributed by atoms with Gasteiger partial charge in [-0.1, -0.05) is 23.2 Å². The third kappa shape index (κ3) is 3.21. The van der Waals surface area contributed by atoms with Crippen LogP contribution < -0.4 is 10.5 Å². The maximum atomic E-state index is 10.9. The second-order valence-electron chi connectivity index (χ2n) is 3.36. The normalized spacial score (nSPS) is 10.2. The van der Waals surface area contributed by atoms with Gasteiger partial charge in [-0.2, -0.15) is 4.98 Å². The summed E-state index contributed by atoms with van der Waals surface area (Å²) in [5.41, 5.74) is 5.10. The highest BCUT2D eigenvalue weighted by atomic mass is 35.5. The summed E-state index contributed by atoms with van der Waals surface area (Å²) < 4.78 is 5.27. The van der Waals surface area contributed by atoms with Crippen LogP contribution in [-0.4, -0.2) is 14.9 Å². The number of aromatic nitrogens is 2. The average molecular weight is 301 g/mol. The first-order valence-corrected chi connectivity index (χ1v) is 5.63. The lowest BCUT2D eigenvalue weighted by Gasteiger charge is -2.06. The summed E-state index contributed by atoms with van der Waals surface area (Å²) in [5.74, 6) is -0.120. The van der Waals surface area contributed by atoms with E-state index in [9.17, 15) is 10.1 Å². The Labute approximate surface area is 117 Å². The minimum Gasteiger partial charge on any atom is -0.432 e. The molecule has 0 saturated heterocycles. The van der Waals surface area contributed by atoms with Gasteiger partial charge in [0.25, 0.3) is 0 Å². The fourth-order valence-electron chi connectivity index (χ4n) is 1.30. The van der Waals surface area contributed by atoms with Gasteiger partial charge in [-0.15, -0.1) is 0 Å². The van der Waals surface area contributed by atoms with E-state index in [1.807, 2.05) is 0 Å². The molecule has 0 aliphatic rings. The zero-order valence-corrected chi connectivity index (χ0v) is 10.7. The molecule has 0 saturated carbocycles. The molecule has 1 heterocycles. The highest BCUT2D eigenvalue weighted by molar-refractivity contribution is 6.30. The third-order valence-corrected chi connectivity index (χ3v) is 2.45. The molecule has 98 valence electrons. The molecule has 1 aromatic heterocycles. The monoisotopic (exact) mass is 300 g/mol. The van der Waals surface area contributed by atoms with Crippen LogP contribution in [0.15, 0.2) is 24.3 Å². The van der Waals surface area contributed by atoms with Crippen LogP contribution in [0.4, 0.5) is 11.6 Å². The fraction of sp³-hybridized carbons (Fsp3) is 0. The van der Waals surface area contributed by atoms with Crippen molar-refractivity contribution in [3.05, 3.63) is 44.6 Å². The zero-order valence-electron chi connectivity index (χ0n) is 9.21. The molecule has 0 bridgehead atoms. The number of nitro groups is 1. The largest absolute Gasteiger partial charge is 0.432 e. The standard InChI is InChI=1S/C10H6Cl2N4O3/c11-5-1-2-7(6(3-5)16(17)18)19-9-4-8(12)14-10(13)15-9/h1-4H,(H2,13,14,15). The molecule has 0 amide bonds. The Balaban J connectivity index is 2.40. The molecule has 7 nitrogen and oxygen atoms in total. The SMILES string of the molecule is Nc1nc(Cl)cc(Oc2ccc(Cl)cc2[N+](=O)[O-])n1. The van der Waals surface area contributed by atoms with Crippen molar-refractivity contribution in [3.63, 3.8) is 0 Å². The predicted octanol–water partition coefficient (Wildman–Crippen LogP) is 3.07. The molecule has 0 fully saturated rings. The van der Waals surface area contributed by atoms with Crippen molar-refractivity contribution >= 4 is 34.8 Å². The number of rotatable bonds is 3. The summed E-state index contributed by atoms with van der Waals surface area (Å²) in [6.45, 7) is 0. The second-order valence-corrected chi connectivity index (χ2v) is 4.18. The summed E-state index contributed by atoms with van der Waals surface area (Å²) in [5, 5.41) is 11.2. The van der Waals surface area contributed by atoms with E-state index in [2.05, 4.69) is 9.97 Å². The molecule has 0 aliphatic carbocycles. The number of nitrogens with two attached hydrogens (primary N) is 1. The first kappa shape index (κ1) is 13.3. The lowest BCUT2D eigenvalue weighted by Crippen LogP contribution is -1.99. The van der Waals surface area contributed by atoms with Gasteiger partial charge < -0.3 is 10.5 Å². The summed E-state index contributed by atoms with van der Waals surface area (Å²) in [4.78, 5) is 17.7. The van der Waals surface area contributed by atoms with Crippen molar-refractivity contribution in [1.29, 1.82) is 0 Å². The zero-order chi connectivity index (χ0) is 14.0. The van der Waals surface area contributed by atoms with Crippen LogP contribution in [-0.2, 0) is 0 Å². The van der Waals surface area contributed by atoms with Gasteiger partial charge in [0.1, 0.15) is 5.15 Å². The molecule has 2 N–H and O–H groups in total. The number of ether oxygens (including phenoxy) is 1. The Morgan fingerprint density at radius 1 is 1.26 bits per heavy atom. The van der Waals surface area contributed by atoms with Crippen LogP contribution in [0.25, 0.3) is 0 Å². The van der Waals surface area contributed by atoms with Gasteiger partial charge in [0.15, 0.2) is 0 Å².